The van der Waals surface area contributed by atoms with Gasteiger partial charge in [0.25, 0.3) is 0 Å². The van der Waals surface area contributed by atoms with Crippen LogP contribution in [0.4, 0.5) is 0 Å². The van der Waals surface area contributed by atoms with Gasteiger partial charge in [-0.05, 0) is 24.3 Å². The highest BCUT2D eigenvalue weighted by atomic mass is 127. The Morgan fingerprint density at radius 2 is 1.88 bits per heavy atom. The van der Waals surface area contributed by atoms with E-state index in [9.17, 15) is 0 Å². The van der Waals surface area contributed by atoms with Crippen molar-refractivity contribution in [3.63, 3.8) is 0 Å². The Morgan fingerprint density at radius 1 is 1.08 bits per heavy atom. The molecule has 1 aromatic carbocycles. The van der Waals surface area contributed by atoms with Crippen LogP contribution in [0.1, 0.15) is 11.4 Å². The first-order valence-corrected chi connectivity index (χ1v) is 7.75. The first kappa shape index (κ1) is 18.9. The van der Waals surface area contributed by atoms with Gasteiger partial charge in [-0.1, -0.05) is 24.3 Å². The molecule has 3 aromatic rings. The molecule has 0 saturated heterocycles. The summed E-state index contributed by atoms with van der Waals surface area (Å²) in [6.07, 6.45) is 4.17. The number of rotatable bonds is 6. The monoisotopic (exact) mass is 449 g/mol. The van der Waals surface area contributed by atoms with E-state index in [-0.39, 0.29) is 24.0 Å². The minimum atomic E-state index is 0. The van der Waals surface area contributed by atoms with Crippen molar-refractivity contribution in [3.8, 4) is 11.5 Å². The van der Waals surface area contributed by atoms with Gasteiger partial charge in [0.2, 0.25) is 5.89 Å². The molecule has 0 spiro atoms. The number of nitrogens with one attached hydrogen (secondary N) is 1. The van der Waals surface area contributed by atoms with Crippen molar-refractivity contribution in [3.05, 3.63) is 72.4 Å². The van der Waals surface area contributed by atoms with Crippen molar-refractivity contribution < 1.29 is 4.42 Å². The molecule has 0 aliphatic heterocycles. The maximum atomic E-state index is 5.86. The molecule has 25 heavy (non-hydrogen) atoms. The zero-order valence-electron chi connectivity index (χ0n) is 13.6. The summed E-state index contributed by atoms with van der Waals surface area (Å²) in [5.74, 6) is 0.970. The van der Waals surface area contributed by atoms with Crippen LogP contribution in [0.2, 0.25) is 0 Å². The highest BCUT2D eigenvalue weighted by Gasteiger charge is 2.05. The maximum absolute atomic E-state index is 5.86. The van der Waals surface area contributed by atoms with Gasteiger partial charge in [-0.2, -0.15) is 0 Å². The third-order valence-electron chi connectivity index (χ3n) is 3.40. The summed E-state index contributed by atoms with van der Waals surface area (Å²) < 4.78 is 5.47. The molecule has 0 saturated carbocycles. The molecule has 0 aliphatic rings. The highest BCUT2D eigenvalue weighted by Crippen LogP contribution is 2.18. The van der Waals surface area contributed by atoms with Crippen LogP contribution in [0, 0.1) is 0 Å². The fourth-order valence-electron chi connectivity index (χ4n) is 2.18. The second kappa shape index (κ2) is 9.77. The molecule has 0 fully saturated rings. The first-order chi connectivity index (χ1) is 11.8. The Morgan fingerprint density at radius 3 is 2.64 bits per heavy atom. The number of aromatic nitrogens is 2. The van der Waals surface area contributed by atoms with E-state index in [0.29, 0.717) is 24.9 Å². The molecule has 0 amide bonds. The van der Waals surface area contributed by atoms with Crippen LogP contribution in [0.3, 0.4) is 0 Å². The van der Waals surface area contributed by atoms with Gasteiger partial charge in [0, 0.05) is 30.4 Å². The first-order valence-electron chi connectivity index (χ1n) is 7.75. The number of oxazole rings is 1. The smallest absolute Gasteiger partial charge is 0.226 e. The number of guanidine groups is 1. The number of pyridine rings is 1. The summed E-state index contributed by atoms with van der Waals surface area (Å²) in [6.45, 7) is 1.05. The fourth-order valence-corrected chi connectivity index (χ4v) is 2.18. The Kier molecular flexibility index (Phi) is 7.39. The molecule has 2 heterocycles. The molecule has 0 bridgehead atoms. The van der Waals surface area contributed by atoms with Gasteiger partial charge in [-0.15, -0.1) is 24.0 Å². The van der Waals surface area contributed by atoms with Gasteiger partial charge < -0.3 is 15.5 Å². The van der Waals surface area contributed by atoms with Gasteiger partial charge in [0.1, 0.15) is 12.0 Å². The lowest BCUT2D eigenvalue weighted by molar-refractivity contribution is 0.572. The molecule has 0 aliphatic carbocycles. The third-order valence-corrected chi connectivity index (χ3v) is 3.40. The van der Waals surface area contributed by atoms with Gasteiger partial charge in [-0.3, -0.25) is 4.98 Å². The fraction of sp³-hybridized carbons (Fsp3) is 0.167. The van der Waals surface area contributed by atoms with Crippen LogP contribution in [0.25, 0.3) is 11.5 Å². The molecule has 0 radical (unpaired) electrons. The van der Waals surface area contributed by atoms with Crippen molar-refractivity contribution in [2.45, 2.75) is 13.0 Å². The number of nitrogens with zero attached hydrogens (tertiary/aromatic N) is 3. The van der Waals surface area contributed by atoms with Crippen LogP contribution in [0.5, 0.6) is 0 Å². The number of halogens is 1. The summed E-state index contributed by atoms with van der Waals surface area (Å²) in [4.78, 5) is 12.9. The van der Waals surface area contributed by atoms with Gasteiger partial charge in [0.05, 0.1) is 6.54 Å². The quantitative estimate of drug-likeness (QED) is 0.343. The van der Waals surface area contributed by atoms with Crippen LogP contribution in [-0.4, -0.2) is 22.5 Å². The molecular formula is C18H20IN5O. The Bertz CT molecular complexity index is 789. The van der Waals surface area contributed by atoms with E-state index < -0.39 is 0 Å². The van der Waals surface area contributed by atoms with Gasteiger partial charge in [-0.25, -0.2) is 9.98 Å². The standard InChI is InChI=1S/C18H19N5O.HI/c19-18(21-11-9-15-8-4-5-10-20-15)22-12-16-13-24-17(23-16)14-6-2-1-3-7-14;/h1-8,10,13H,9,11-12H2,(H3,19,21,22);1H. The van der Waals surface area contributed by atoms with E-state index in [1.807, 2.05) is 48.5 Å². The molecule has 3 rings (SSSR count). The van der Waals surface area contributed by atoms with Crippen LogP contribution >= 0.6 is 24.0 Å². The van der Waals surface area contributed by atoms with Crippen LogP contribution in [0.15, 0.2) is 70.4 Å². The Hall–Kier alpha value is -2.42. The summed E-state index contributed by atoms with van der Waals surface area (Å²) >= 11 is 0. The van der Waals surface area contributed by atoms with Crippen LogP contribution < -0.4 is 11.1 Å². The number of benzene rings is 1. The SMILES string of the molecule is I.NC(=NCc1coc(-c2ccccc2)n1)NCCc1ccccn1. The highest BCUT2D eigenvalue weighted by molar-refractivity contribution is 14.0. The third kappa shape index (κ3) is 5.86. The number of nitrogens with two attached hydrogens (primary N) is 1. The normalized spacial score (nSPS) is 11.0. The van der Waals surface area contributed by atoms with Crippen molar-refractivity contribution in [2.75, 3.05) is 6.54 Å². The van der Waals surface area contributed by atoms with E-state index in [2.05, 4.69) is 20.3 Å². The lowest BCUT2D eigenvalue weighted by Crippen LogP contribution is -2.33. The molecular weight excluding hydrogens is 429 g/mol. The molecule has 3 N–H and O–H groups in total. The number of aliphatic imine (C=N–C) groups is 1. The summed E-state index contributed by atoms with van der Waals surface area (Å²) in [5, 5.41) is 3.07. The maximum Gasteiger partial charge on any atom is 0.226 e. The predicted molar refractivity (Wildman–Crippen MR) is 109 cm³/mol. The largest absolute Gasteiger partial charge is 0.444 e. The van der Waals surface area contributed by atoms with Gasteiger partial charge >= 0.3 is 0 Å². The zero-order valence-corrected chi connectivity index (χ0v) is 16.0. The lowest BCUT2D eigenvalue weighted by atomic mass is 10.2. The lowest BCUT2D eigenvalue weighted by Gasteiger charge is -2.04. The van der Waals surface area contributed by atoms with Crippen molar-refractivity contribution >= 4 is 29.9 Å². The van der Waals surface area contributed by atoms with Gasteiger partial charge in [0.15, 0.2) is 5.96 Å². The minimum Gasteiger partial charge on any atom is -0.444 e. The van der Waals surface area contributed by atoms with E-state index in [1.54, 1.807) is 12.5 Å². The second-order valence-corrected chi connectivity index (χ2v) is 5.21. The molecule has 130 valence electrons. The number of hydrogen-bond acceptors (Lipinski definition) is 4. The molecule has 0 atom stereocenters. The molecule has 2 aromatic heterocycles. The molecule has 0 unspecified atom stereocenters. The van der Waals surface area contributed by atoms with Crippen LogP contribution in [-0.2, 0) is 13.0 Å². The number of hydrogen-bond donors (Lipinski definition) is 2. The zero-order chi connectivity index (χ0) is 16.6. The van der Waals surface area contributed by atoms with Crippen molar-refractivity contribution in [1.82, 2.24) is 15.3 Å². The Labute approximate surface area is 163 Å². The second-order valence-electron chi connectivity index (χ2n) is 5.21. The summed E-state index contributed by atoms with van der Waals surface area (Å²) in [7, 11) is 0. The average Bonchev–Trinajstić information content (AvgIpc) is 3.11. The average molecular weight is 449 g/mol. The van der Waals surface area contributed by atoms with E-state index in [4.69, 9.17) is 10.2 Å². The Balaban J connectivity index is 0.00000225. The molecule has 6 nitrogen and oxygen atoms in total. The minimum absolute atomic E-state index is 0. The summed E-state index contributed by atoms with van der Waals surface area (Å²) in [5.41, 5.74) is 8.56. The van der Waals surface area contributed by atoms with E-state index in [0.717, 1.165) is 23.4 Å². The molecule has 7 heteroatoms. The van der Waals surface area contributed by atoms with Crippen molar-refractivity contribution in [1.29, 1.82) is 0 Å². The van der Waals surface area contributed by atoms with Crippen molar-refractivity contribution in [2.24, 2.45) is 10.7 Å². The topological polar surface area (TPSA) is 89.3 Å². The predicted octanol–water partition coefficient (Wildman–Crippen LogP) is 3.00. The van der Waals surface area contributed by atoms with E-state index >= 15 is 0 Å². The summed E-state index contributed by atoms with van der Waals surface area (Å²) in [6, 6.07) is 15.6. The van der Waals surface area contributed by atoms with E-state index in [1.165, 1.54) is 0 Å².